The van der Waals surface area contributed by atoms with Crippen LogP contribution < -0.4 is 4.90 Å². The molecule has 0 fully saturated rings. The molecule has 0 saturated heterocycles. The van der Waals surface area contributed by atoms with Gasteiger partial charge in [-0.2, -0.15) is 0 Å². The summed E-state index contributed by atoms with van der Waals surface area (Å²) < 4.78 is 0. The Morgan fingerprint density at radius 1 is 1.00 bits per heavy atom. The van der Waals surface area contributed by atoms with Crippen molar-refractivity contribution in [2.45, 2.75) is 58.3 Å². The molecule has 2 nitrogen and oxygen atoms in total. The van der Waals surface area contributed by atoms with E-state index in [1.54, 1.807) is 4.90 Å². The van der Waals surface area contributed by atoms with Crippen LogP contribution >= 0.6 is 0 Å². The molecule has 1 unspecified atom stereocenters. The molecule has 94 valence electrons. The SMILES string of the molecule is CCCCCCCCCC[NH+]1C=CN(C)C1. The first-order valence-corrected chi connectivity index (χ1v) is 7.06. The molecule has 1 aliphatic heterocycles. The van der Waals surface area contributed by atoms with Gasteiger partial charge in [0.05, 0.1) is 12.7 Å². The molecule has 1 N–H and O–H groups in total. The molecular weight excluding hydrogens is 196 g/mol. The second-order valence-electron chi connectivity index (χ2n) is 5.11. The largest absolute Gasteiger partial charge is 0.329 e. The summed E-state index contributed by atoms with van der Waals surface area (Å²) >= 11 is 0. The molecule has 16 heavy (non-hydrogen) atoms. The van der Waals surface area contributed by atoms with Gasteiger partial charge in [0.25, 0.3) is 0 Å². The van der Waals surface area contributed by atoms with Gasteiger partial charge in [-0.1, -0.05) is 45.4 Å². The zero-order valence-corrected chi connectivity index (χ0v) is 11.2. The van der Waals surface area contributed by atoms with Crippen LogP contribution in [0.15, 0.2) is 12.4 Å². The molecular formula is C14H29N2+. The van der Waals surface area contributed by atoms with Crippen LogP contribution in [0, 0.1) is 0 Å². The van der Waals surface area contributed by atoms with Gasteiger partial charge in [-0.05, 0) is 12.8 Å². The Balaban J connectivity index is 1.80. The lowest BCUT2D eigenvalue weighted by molar-refractivity contribution is -0.848. The van der Waals surface area contributed by atoms with E-state index in [2.05, 4.69) is 31.3 Å². The average molecular weight is 225 g/mol. The molecule has 1 atom stereocenters. The lowest BCUT2D eigenvalue weighted by atomic mass is 10.1. The first-order valence-electron chi connectivity index (χ1n) is 7.06. The standard InChI is InChI=1S/C14H28N2/c1-3-4-5-6-7-8-9-10-11-16-13-12-15(2)14-16/h12-13H,3-11,14H2,1-2H3/p+1. The van der Waals surface area contributed by atoms with E-state index in [9.17, 15) is 0 Å². The number of rotatable bonds is 9. The molecule has 0 radical (unpaired) electrons. The average Bonchev–Trinajstić information content (AvgIpc) is 2.68. The highest BCUT2D eigenvalue weighted by atomic mass is 15.3. The van der Waals surface area contributed by atoms with Crippen molar-refractivity contribution in [1.82, 2.24) is 4.90 Å². The molecule has 2 heteroatoms. The second-order valence-corrected chi connectivity index (χ2v) is 5.11. The van der Waals surface area contributed by atoms with E-state index in [1.807, 2.05) is 0 Å². The van der Waals surface area contributed by atoms with Crippen LogP contribution in [0.5, 0.6) is 0 Å². The minimum Gasteiger partial charge on any atom is -0.329 e. The predicted octanol–water partition coefficient (Wildman–Crippen LogP) is 2.39. The summed E-state index contributed by atoms with van der Waals surface area (Å²) in [6, 6.07) is 0. The quantitative estimate of drug-likeness (QED) is 0.592. The van der Waals surface area contributed by atoms with Crippen LogP contribution in [-0.4, -0.2) is 25.2 Å². The van der Waals surface area contributed by atoms with Crippen molar-refractivity contribution in [1.29, 1.82) is 0 Å². The molecule has 0 saturated carbocycles. The fraction of sp³-hybridized carbons (Fsp3) is 0.857. The highest BCUT2D eigenvalue weighted by Gasteiger charge is 2.11. The minimum absolute atomic E-state index is 1.16. The number of hydrogen-bond acceptors (Lipinski definition) is 1. The normalized spacial score (nSPS) is 19.6. The number of quaternary nitrogens is 1. The van der Waals surface area contributed by atoms with Crippen LogP contribution in [0.2, 0.25) is 0 Å². The van der Waals surface area contributed by atoms with Gasteiger partial charge in [0.15, 0.2) is 6.67 Å². The lowest BCUT2D eigenvalue weighted by Gasteiger charge is -2.12. The van der Waals surface area contributed by atoms with E-state index >= 15 is 0 Å². The van der Waals surface area contributed by atoms with Crippen LogP contribution in [0.4, 0.5) is 0 Å². The zero-order valence-electron chi connectivity index (χ0n) is 11.2. The first kappa shape index (κ1) is 13.6. The summed E-state index contributed by atoms with van der Waals surface area (Å²) in [6.07, 6.45) is 15.9. The van der Waals surface area contributed by atoms with Gasteiger partial charge in [-0.25, -0.2) is 0 Å². The molecule has 0 aromatic carbocycles. The van der Waals surface area contributed by atoms with E-state index in [1.165, 1.54) is 57.9 Å². The summed E-state index contributed by atoms with van der Waals surface area (Å²) in [5.74, 6) is 0. The topological polar surface area (TPSA) is 7.68 Å². The first-order chi connectivity index (χ1) is 7.83. The van der Waals surface area contributed by atoms with Crippen molar-refractivity contribution >= 4 is 0 Å². The summed E-state index contributed by atoms with van der Waals surface area (Å²) in [4.78, 5) is 3.88. The third-order valence-corrected chi connectivity index (χ3v) is 3.37. The third kappa shape index (κ3) is 6.16. The Morgan fingerprint density at radius 2 is 1.62 bits per heavy atom. The van der Waals surface area contributed by atoms with Crippen molar-refractivity contribution in [2.75, 3.05) is 20.3 Å². The van der Waals surface area contributed by atoms with Gasteiger partial charge in [-0.15, -0.1) is 0 Å². The zero-order chi connectivity index (χ0) is 11.6. The third-order valence-electron chi connectivity index (χ3n) is 3.37. The maximum Gasteiger partial charge on any atom is 0.156 e. The molecule has 0 amide bonds. The maximum absolute atomic E-state index is 2.29. The van der Waals surface area contributed by atoms with E-state index in [0.717, 1.165) is 6.67 Å². The van der Waals surface area contributed by atoms with Crippen LogP contribution in [-0.2, 0) is 0 Å². The molecule has 1 rings (SSSR count). The molecule has 0 aromatic rings. The van der Waals surface area contributed by atoms with Crippen LogP contribution in [0.25, 0.3) is 0 Å². The summed E-state index contributed by atoms with van der Waals surface area (Å²) in [5.41, 5.74) is 0. The Kier molecular flexibility index (Phi) is 7.32. The number of nitrogens with zero attached hydrogens (tertiary/aromatic N) is 1. The molecule has 0 spiro atoms. The van der Waals surface area contributed by atoms with Gasteiger partial charge in [0, 0.05) is 7.05 Å². The highest BCUT2D eigenvalue weighted by Crippen LogP contribution is 2.07. The Morgan fingerprint density at radius 3 is 2.19 bits per heavy atom. The van der Waals surface area contributed by atoms with Gasteiger partial charge in [0.1, 0.15) is 6.20 Å². The fourth-order valence-corrected chi connectivity index (χ4v) is 2.31. The summed E-state index contributed by atoms with van der Waals surface area (Å²) in [7, 11) is 2.15. The van der Waals surface area contributed by atoms with Crippen molar-refractivity contribution in [2.24, 2.45) is 0 Å². The second kappa shape index (κ2) is 8.63. The number of nitrogens with one attached hydrogen (secondary N) is 1. The van der Waals surface area contributed by atoms with Gasteiger partial charge in [-0.3, -0.25) is 4.90 Å². The number of hydrogen-bond donors (Lipinski definition) is 1. The lowest BCUT2D eigenvalue weighted by Crippen LogP contribution is -3.07. The molecule has 0 aromatic heterocycles. The maximum atomic E-state index is 2.29. The predicted molar refractivity (Wildman–Crippen MR) is 70.2 cm³/mol. The number of unbranched alkanes of at least 4 members (excludes halogenated alkanes) is 7. The van der Waals surface area contributed by atoms with Gasteiger partial charge in [0.2, 0.25) is 0 Å². The van der Waals surface area contributed by atoms with Crippen molar-refractivity contribution in [3.05, 3.63) is 12.4 Å². The van der Waals surface area contributed by atoms with E-state index < -0.39 is 0 Å². The van der Waals surface area contributed by atoms with Crippen molar-refractivity contribution in [3.8, 4) is 0 Å². The van der Waals surface area contributed by atoms with Gasteiger partial charge < -0.3 is 4.90 Å². The molecule has 1 heterocycles. The molecule has 1 aliphatic rings. The Labute approximate surface area is 101 Å². The Hall–Kier alpha value is -0.500. The minimum atomic E-state index is 1.16. The van der Waals surface area contributed by atoms with Crippen molar-refractivity contribution in [3.63, 3.8) is 0 Å². The van der Waals surface area contributed by atoms with E-state index in [-0.39, 0.29) is 0 Å². The van der Waals surface area contributed by atoms with Gasteiger partial charge >= 0.3 is 0 Å². The monoisotopic (exact) mass is 225 g/mol. The van der Waals surface area contributed by atoms with E-state index in [4.69, 9.17) is 0 Å². The smallest absolute Gasteiger partial charge is 0.156 e. The summed E-state index contributed by atoms with van der Waals surface area (Å²) in [5, 5.41) is 0. The molecule has 0 aliphatic carbocycles. The summed E-state index contributed by atoms with van der Waals surface area (Å²) in [6.45, 7) is 4.76. The Bertz CT molecular complexity index is 189. The van der Waals surface area contributed by atoms with Crippen molar-refractivity contribution < 1.29 is 4.90 Å². The molecule has 0 bridgehead atoms. The van der Waals surface area contributed by atoms with Crippen LogP contribution in [0.3, 0.4) is 0 Å². The van der Waals surface area contributed by atoms with E-state index in [0.29, 0.717) is 0 Å². The highest BCUT2D eigenvalue weighted by molar-refractivity contribution is 4.74. The fourth-order valence-electron chi connectivity index (χ4n) is 2.31. The van der Waals surface area contributed by atoms with Crippen LogP contribution in [0.1, 0.15) is 58.3 Å².